The van der Waals surface area contributed by atoms with Crippen molar-refractivity contribution in [2.45, 2.75) is 32.4 Å². The van der Waals surface area contributed by atoms with Gasteiger partial charge in [-0.2, -0.15) is 13.2 Å². The Labute approximate surface area is 197 Å². The molecule has 0 aliphatic carbocycles. The van der Waals surface area contributed by atoms with E-state index in [0.717, 1.165) is 0 Å². The fourth-order valence-electron chi connectivity index (χ4n) is 3.95. The quantitative estimate of drug-likeness (QED) is 0.344. The number of rotatable bonds is 8. The summed E-state index contributed by atoms with van der Waals surface area (Å²) in [4.78, 5) is 12.1. The van der Waals surface area contributed by atoms with Crippen LogP contribution in [-0.4, -0.2) is 18.2 Å². The molecular formula is C28H27F3O3. The maximum Gasteiger partial charge on any atom is 0.417 e. The largest absolute Gasteiger partial charge is 0.497 e. The Kier molecular flexibility index (Phi) is 7.82. The Hall–Kier alpha value is -3.54. The third-order valence-electron chi connectivity index (χ3n) is 5.54. The zero-order chi connectivity index (χ0) is 24.9. The van der Waals surface area contributed by atoms with Crippen molar-refractivity contribution in [3.05, 3.63) is 89.0 Å². The molecule has 0 aromatic heterocycles. The normalized spacial score (nSPS) is 12.8. The molecule has 0 aliphatic rings. The molecule has 34 heavy (non-hydrogen) atoms. The molecule has 3 rings (SSSR count). The molecule has 0 heterocycles. The van der Waals surface area contributed by atoms with Crippen LogP contribution < -0.4 is 4.74 Å². The highest BCUT2D eigenvalue weighted by atomic mass is 19.4. The standard InChI is InChI=1S/C28H27F3O3/c1-18(2)15-25(27(32)33)24-17-22(20-7-5-4-6-8-20)16-21(26(24)28(29,30)31)12-9-19-10-13-23(34-3)14-11-19/h4-14,16-18,25H,15H2,1-3H3,(H,32,33). The van der Waals surface area contributed by atoms with Crippen molar-refractivity contribution in [3.63, 3.8) is 0 Å². The second-order valence-corrected chi connectivity index (χ2v) is 8.52. The Morgan fingerprint density at radius 3 is 2.15 bits per heavy atom. The number of methoxy groups -OCH3 is 1. The van der Waals surface area contributed by atoms with Crippen molar-refractivity contribution < 1.29 is 27.8 Å². The molecule has 178 valence electrons. The molecule has 0 saturated carbocycles. The maximum atomic E-state index is 14.4. The Bertz CT molecular complexity index is 1150. The van der Waals surface area contributed by atoms with Crippen LogP contribution in [0.25, 0.3) is 23.3 Å². The summed E-state index contributed by atoms with van der Waals surface area (Å²) in [5.74, 6) is -2.01. The number of benzene rings is 3. The number of alkyl halides is 3. The lowest BCUT2D eigenvalue weighted by atomic mass is 9.83. The van der Waals surface area contributed by atoms with Gasteiger partial charge in [0.15, 0.2) is 0 Å². The average Bonchev–Trinajstić information content (AvgIpc) is 2.80. The first-order valence-corrected chi connectivity index (χ1v) is 11.0. The lowest BCUT2D eigenvalue weighted by Gasteiger charge is -2.23. The lowest BCUT2D eigenvalue weighted by Crippen LogP contribution is -2.20. The molecule has 6 heteroatoms. The molecule has 0 bridgehead atoms. The minimum Gasteiger partial charge on any atom is -0.497 e. The van der Waals surface area contributed by atoms with Gasteiger partial charge in [0.05, 0.1) is 18.6 Å². The van der Waals surface area contributed by atoms with Gasteiger partial charge >= 0.3 is 12.1 Å². The number of carboxylic acid groups (broad SMARTS) is 1. The van der Waals surface area contributed by atoms with E-state index in [-0.39, 0.29) is 23.5 Å². The van der Waals surface area contributed by atoms with E-state index in [2.05, 4.69) is 0 Å². The van der Waals surface area contributed by atoms with E-state index in [1.54, 1.807) is 68.5 Å². The first-order valence-electron chi connectivity index (χ1n) is 11.0. The van der Waals surface area contributed by atoms with Crippen LogP contribution in [0.1, 0.15) is 48.4 Å². The summed E-state index contributed by atoms with van der Waals surface area (Å²) in [5, 5.41) is 9.88. The summed E-state index contributed by atoms with van der Waals surface area (Å²) in [7, 11) is 1.53. The SMILES string of the molecule is COc1ccc(C=Cc2cc(-c3ccccc3)cc(C(CC(C)C)C(=O)O)c2C(F)(F)F)cc1. The number of hydrogen-bond acceptors (Lipinski definition) is 2. The molecule has 3 nitrogen and oxygen atoms in total. The van der Waals surface area contributed by atoms with Crippen molar-refractivity contribution in [2.75, 3.05) is 7.11 Å². The molecule has 1 unspecified atom stereocenters. The van der Waals surface area contributed by atoms with E-state index in [1.165, 1.54) is 25.3 Å². The summed E-state index contributed by atoms with van der Waals surface area (Å²) in [6, 6.07) is 18.8. The van der Waals surface area contributed by atoms with Gasteiger partial charge < -0.3 is 9.84 Å². The second kappa shape index (κ2) is 10.6. The third-order valence-corrected chi connectivity index (χ3v) is 5.54. The van der Waals surface area contributed by atoms with Crippen LogP contribution in [0.4, 0.5) is 13.2 Å². The number of carbonyl (C=O) groups is 1. The smallest absolute Gasteiger partial charge is 0.417 e. The van der Waals surface area contributed by atoms with Crippen LogP contribution >= 0.6 is 0 Å². The Morgan fingerprint density at radius 2 is 1.62 bits per heavy atom. The predicted octanol–water partition coefficient (Wildman–Crippen LogP) is 7.77. The van der Waals surface area contributed by atoms with Crippen molar-refractivity contribution in [1.29, 1.82) is 0 Å². The summed E-state index contributed by atoms with van der Waals surface area (Å²) >= 11 is 0. The molecule has 0 aliphatic heterocycles. The van der Waals surface area contributed by atoms with Gasteiger partial charge in [-0.25, -0.2) is 0 Å². The number of ether oxygens (including phenoxy) is 1. The Balaban J connectivity index is 2.25. The topological polar surface area (TPSA) is 46.5 Å². The fourth-order valence-corrected chi connectivity index (χ4v) is 3.95. The van der Waals surface area contributed by atoms with Crippen LogP contribution in [0, 0.1) is 5.92 Å². The second-order valence-electron chi connectivity index (χ2n) is 8.52. The average molecular weight is 469 g/mol. The molecule has 1 N–H and O–H groups in total. The van der Waals surface area contributed by atoms with Gasteiger partial charge in [-0.05, 0) is 64.4 Å². The lowest BCUT2D eigenvalue weighted by molar-refractivity contribution is -0.142. The van der Waals surface area contributed by atoms with E-state index in [4.69, 9.17) is 4.74 Å². The predicted molar refractivity (Wildman–Crippen MR) is 129 cm³/mol. The Morgan fingerprint density at radius 1 is 0.971 bits per heavy atom. The third kappa shape index (κ3) is 6.07. The highest BCUT2D eigenvalue weighted by molar-refractivity contribution is 5.82. The van der Waals surface area contributed by atoms with Crippen LogP contribution in [-0.2, 0) is 11.0 Å². The van der Waals surface area contributed by atoms with Crippen molar-refractivity contribution in [3.8, 4) is 16.9 Å². The van der Waals surface area contributed by atoms with Gasteiger partial charge in [0.25, 0.3) is 0 Å². The van der Waals surface area contributed by atoms with Gasteiger partial charge in [0.1, 0.15) is 5.75 Å². The van der Waals surface area contributed by atoms with Crippen LogP contribution in [0.15, 0.2) is 66.7 Å². The molecule has 3 aromatic rings. The summed E-state index contributed by atoms with van der Waals surface area (Å²) < 4.78 is 48.3. The molecule has 1 atom stereocenters. The fraction of sp³-hybridized carbons (Fsp3) is 0.250. The van der Waals surface area contributed by atoms with Gasteiger partial charge in [-0.3, -0.25) is 4.79 Å². The van der Waals surface area contributed by atoms with E-state index in [0.29, 0.717) is 22.4 Å². The maximum absolute atomic E-state index is 14.4. The molecule has 0 spiro atoms. The molecular weight excluding hydrogens is 441 g/mol. The van der Waals surface area contributed by atoms with Gasteiger partial charge in [0, 0.05) is 0 Å². The van der Waals surface area contributed by atoms with E-state index in [1.807, 2.05) is 6.07 Å². The highest BCUT2D eigenvalue weighted by Crippen LogP contribution is 2.42. The van der Waals surface area contributed by atoms with E-state index in [9.17, 15) is 23.1 Å². The summed E-state index contributed by atoms with van der Waals surface area (Å²) in [6.07, 6.45) is -1.65. The number of hydrogen-bond donors (Lipinski definition) is 1. The first-order chi connectivity index (χ1) is 16.1. The first kappa shape index (κ1) is 25.1. The minimum atomic E-state index is -4.73. The number of halogens is 3. The van der Waals surface area contributed by atoms with Crippen molar-refractivity contribution in [2.24, 2.45) is 5.92 Å². The van der Waals surface area contributed by atoms with Crippen LogP contribution in [0.2, 0.25) is 0 Å². The van der Waals surface area contributed by atoms with E-state index < -0.39 is 23.6 Å². The summed E-state index contributed by atoms with van der Waals surface area (Å²) in [6.45, 7) is 3.60. The zero-order valence-electron chi connectivity index (χ0n) is 19.3. The molecule has 0 saturated heterocycles. The molecule has 3 aromatic carbocycles. The van der Waals surface area contributed by atoms with E-state index >= 15 is 0 Å². The minimum absolute atomic E-state index is 0.0744. The van der Waals surface area contributed by atoms with Gasteiger partial charge in [-0.1, -0.05) is 68.5 Å². The molecule has 0 radical (unpaired) electrons. The monoisotopic (exact) mass is 468 g/mol. The van der Waals surface area contributed by atoms with Crippen molar-refractivity contribution in [1.82, 2.24) is 0 Å². The van der Waals surface area contributed by atoms with Crippen LogP contribution in [0.3, 0.4) is 0 Å². The summed E-state index contributed by atoms with van der Waals surface area (Å²) in [5.41, 5.74) is 0.736. The van der Waals surface area contributed by atoms with Gasteiger partial charge in [0.2, 0.25) is 0 Å². The zero-order valence-corrected chi connectivity index (χ0v) is 19.3. The molecule has 0 fully saturated rings. The molecule has 0 amide bonds. The number of carboxylic acids is 1. The van der Waals surface area contributed by atoms with Crippen LogP contribution in [0.5, 0.6) is 5.75 Å². The van der Waals surface area contributed by atoms with Crippen molar-refractivity contribution >= 4 is 18.1 Å². The van der Waals surface area contributed by atoms with Gasteiger partial charge in [-0.15, -0.1) is 0 Å². The highest BCUT2D eigenvalue weighted by Gasteiger charge is 2.39. The number of aliphatic carboxylic acids is 1.